The van der Waals surface area contributed by atoms with E-state index in [4.69, 9.17) is 10.5 Å². The smallest absolute Gasteiger partial charge is 0.212 e. The largest absolute Gasteiger partial charge is 0.399 e. The number of hydrogen-bond acceptors (Lipinski definition) is 5. The molecule has 1 fully saturated rings. The number of benzene rings is 1. The number of rotatable bonds is 8. The highest BCUT2D eigenvalue weighted by Crippen LogP contribution is 2.20. The maximum absolute atomic E-state index is 11.9. The Morgan fingerprint density at radius 3 is 3.00 bits per heavy atom. The van der Waals surface area contributed by atoms with Gasteiger partial charge in [0.05, 0.1) is 5.75 Å². The molecular weight excluding hydrogens is 308 g/mol. The molecule has 0 aliphatic carbocycles. The lowest BCUT2D eigenvalue weighted by atomic mass is 10.1. The molecule has 1 aromatic carbocycles. The minimum atomic E-state index is -3.20. The minimum absolute atomic E-state index is 0.119. The molecule has 5 nitrogen and oxygen atoms in total. The van der Waals surface area contributed by atoms with E-state index in [0.29, 0.717) is 23.9 Å². The molecule has 3 N–H and O–H groups in total. The van der Waals surface area contributed by atoms with E-state index in [1.807, 2.05) is 24.3 Å². The van der Waals surface area contributed by atoms with Gasteiger partial charge in [-0.05, 0) is 37.0 Å². The van der Waals surface area contributed by atoms with Crippen LogP contribution in [-0.2, 0) is 14.8 Å². The maximum atomic E-state index is 11.9. The minimum Gasteiger partial charge on any atom is -0.399 e. The van der Waals surface area contributed by atoms with Crippen LogP contribution in [0.5, 0.6) is 0 Å². The number of sulfonamides is 1. The number of nitrogens with one attached hydrogen (secondary N) is 1. The Hall–Kier alpha value is -0.760. The zero-order valence-corrected chi connectivity index (χ0v) is 13.6. The SMILES string of the molecule is Nc1cccc(SCCS(=O)(=O)NCCC2CCOC2)c1. The first-order valence-electron chi connectivity index (χ1n) is 7.08. The molecule has 0 bridgehead atoms. The van der Waals surface area contributed by atoms with Crippen molar-refractivity contribution < 1.29 is 13.2 Å². The summed E-state index contributed by atoms with van der Waals surface area (Å²) in [5.74, 6) is 1.13. The molecular formula is C14H22N2O3S2. The fourth-order valence-corrected chi connectivity index (χ4v) is 4.59. The second kappa shape index (κ2) is 8.03. The first-order chi connectivity index (χ1) is 10.1. The van der Waals surface area contributed by atoms with E-state index in [1.54, 1.807) is 0 Å². The van der Waals surface area contributed by atoms with Crippen molar-refractivity contribution in [2.45, 2.75) is 17.7 Å². The summed E-state index contributed by atoms with van der Waals surface area (Å²) in [6, 6.07) is 7.47. The van der Waals surface area contributed by atoms with Crippen molar-refractivity contribution in [3.8, 4) is 0 Å². The monoisotopic (exact) mass is 330 g/mol. The van der Waals surface area contributed by atoms with Crippen molar-refractivity contribution >= 4 is 27.5 Å². The molecule has 0 aromatic heterocycles. The van der Waals surface area contributed by atoms with Crippen LogP contribution < -0.4 is 10.5 Å². The van der Waals surface area contributed by atoms with Gasteiger partial charge in [-0.1, -0.05) is 6.07 Å². The molecule has 7 heteroatoms. The first kappa shape index (κ1) is 16.6. The lowest BCUT2D eigenvalue weighted by molar-refractivity contribution is 0.184. The molecule has 1 aliphatic heterocycles. The highest BCUT2D eigenvalue weighted by molar-refractivity contribution is 8.00. The molecule has 1 atom stereocenters. The molecule has 118 valence electrons. The van der Waals surface area contributed by atoms with Gasteiger partial charge in [-0.2, -0.15) is 0 Å². The number of thioether (sulfide) groups is 1. The molecule has 1 heterocycles. The number of hydrogen-bond donors (Lipinski definition) is 2. The highest BCUT2D eigenvalue weighted by Gasteiger charge is 2.16. The third-order valence-electron chi connectivity index (χ3n) is 3.38. The zero-order valence-electron chi connectivity index (χ0n) is 12.0. The second-order valence-electron chi connectivity index (χ2n) is 5.15. The number of nitrogen functional groups attached to an aromatic ring is 1. The van der Waals surface area contributed by atoms with Crippen LogP contribution in [0.2, 0.25) is 0 Å². The van der Waals surface area contributed by atoms with Gasteiger partial charge < -0.3 is 10.5 Å². The van der Waals surface area contributed by atoms with Crippen molar-refractivity contribution in [1.82, 2.24) is 4.72 Å². The Morgan fingerprint density at radius 1 is 1.43 bits per heavy atom. The van der Waals surface area contributed by atoms with Crippen LogP contribution in [-0.4, -0.2) is 39.7 Å². The quantitative estimate of drug-likeness (QED) is 0.560. The van der Waals surface area contributed by atoms with Crippen molar-refractivity contribution in [1.29, 1.82) is 0 Å². The average molecular weight is 330 g/mol. The molecule has 0 amide bonds. The molecule has 0 saturated carbocycles. The molecule has 0 radical (unpaired) electrons. The standard InChI is InChI=1S/C14H22N2O3S2/c15-13-2-1-3-14(10-13)20-8-9-21(17,18)16-6-4-12-5-7-19-11-12/h1-3,10,12,16H,4-9,11,15H2. The molecule has 1 aliphatic rings. The Labute approximate surface area is 130 Å². The fraction of sp³-hybridized carbons (Fsp3) is 0.571. The van der Waals surface area contributed by atoms with Crippen molar-refractivity contribution in [2.24, 2.45) is 5.92 Å². The van der Waals surface area contributed by atoms with Gasteiger partial charge in [-0.3, -0.25) is 0 Å². The van der Waals surface area contributed by atoms with Gasteiger partial charge in [0.2, 0.25) is 10.0 Å². The lowest BCUT2D eigenvalue weighted by Gasteiger charge is -2.09. The van der Waals surface area contributed by atoms with Crippen LogP contribution in [0.4, 0.5) is 5.69 Å². The van der Waals surface area contributed by atoms with Crippen LogP contribution in [0.25, 0.3) is 0 Å². The second-order valence-corrected chi connectivity index (χ2v) is 8.25. The van der Waals surface area contributed by atoms with Crippen LogP contribution >= 0.6 is 11.8 Å². The zero-order chi connectivity index (χ0) is 15.1. The van der Waals surface area contributed by atoms with Gasteiger partial charge in [0.1, 0.15) is 0 Å². The Kier molecular flexibility index (Phi) is 6.35. The summed E-state index contributed by atoms with van der Waals surface area (Å²) in [5.41, 5.74) is 6.38. The third-order valence-corrected chi connectivity index (χ3v) is 6.02. The van der Waals surface area contributed by atoms with Crippen molar-refractivity contribution in [3.63, 3.8) is 0 Å². The lowest BCUT2D eigenvalue weighted by Crippen LogP contribution is -2.29. The van der Waals surface area contributed by atoms with E-state index in [0.717, 1.165) is 31.0 Å². The van der Waals surface area contributed by atoms with Gasteiger partial charge >= 0.3 is 0 Å². The van der Waals surface area contributed by atoms with E-state index in [9.17, 15) is 8.42 Å². The van der Waals surface area contributed by atoms with Gasteiger partial charge in [0.15, 0.2) is 0 Å². The van der Waals surface area contributed by atoms with Crippen LogP contribution in [0.1, 0.15) is 12.8 Å². The topological polar surface area (TPSA) is 81.4 Å². The molecule has 2 rings (SSSR count). The first-order valence-corrected chi connectivity index (χ1v) is 9.72. The molecule has 1 unspecified atom stereocenters. The van der Waals surface area contributed by atoms with Gasteiger partial charge in [-0.15, -0.1) is 11.8 Å². The Morgan fingerprint density at radius 2 is 2.29 bits per heavy atom. The summed E-state index contributed by atoms with van der Waals surface area (Å²) in [4.78, 5) is 0.994. The number of anilines is 1. The predicted molar refractivity (Wildman–Crippen MR) is 86.9 cm³/mol. The Balaban J connectivity index is 1.66. The van der Waals surface area contributed by atoms with Crippen LogP contribution in [0, 0.1) is 5.92 Å². The summed E-state index contributed by atoms with van der Waals surface area (Å²) in [6.07, 6.45) is 1.88. The summed E-state index contributed by atoms with van der Waals surface area (Å²) < 4.78 is 31.7. The van der Waals surface area contributed by atoms with Crippen molar-refractivity contribution in [2.75, 3.05) is 37.0 Å². The predicted octanol–water partition coefficient (Wildman–Crippen LogP) is 1.71. The third kappa shape index (κ3) is 6.25. The van der Waals surface area contributed by atoms with Gasteiger partial charge in [0, 0.05) is 36.1 Å². The summed E-state index contributed by atoms with van der Waals surface area (Å²) in [7, 11) is -3.20. The van der Waals surface area contributed by atoms with E-state index >= 15 is 0 Å². The molecule has 21 heavy (non-hydrogen) atoms. The van der Waals surface area contributed by atoms with Crippen LogP contribution in [0.3, 0.4) is 0 Å². The van der Waals surface area contributed by atoms with Crippen LogP contribution in [0.15, 0.2) is 29.2 Å². The number of nitrogens with two attached hydrogens (primary N) is 1. The van der Waals surface area contributed by atoms with Crippen molar-refractivity contribution in [3.05, 3.63) is 24.3 Å². The summed E-state index contributed by atoms with van der Waals surface area (Å²) in [6.45, 7) is 2.06. The molecule has 1 aromatic rings. The van der Waals surface area contributed by atoms with Gasteiger partial charge in [0.25, 0.3) is 0 Å². The van der Waals surface area contributed by atoms with E-state index in [2.05, 4.69) is 4.72 Å². The molecule has 1 saturated heterocycles. The van der Waals surface area contributed by atoms with E-state index in [1.165, 1.54) is 11.8 Å². The normalized spacial score (nSPS) is 19.0. The van der Waals surface area contributed by atoms with E-state index < -0.39 is 10.0 Å². The summed E-state index contributed by atoms with van der Waals surface area (Å²) in [5, 5.41) is 0. The molecule has 0 spiro atoms. The van der Waals surface area contributed by atoms with E-state index in [-0.39, 0.29) is 5.75 Å². The fourth-order valence-electron chi connectivity index (χ4n) is 2.18. The average Bonchev–Trinajstić information content (AvgIpc) is 2.91. The highest BCUT2D eigenvalue weighted by atomic mass is 32.2. The Bertz CT molecular complexity index is 543. The van der Waals surface area contributed by atoms with Gasteiger partial charge in [-0.25, -0.2) is 13.1 Å². The number of ether oxygens (including phenoxy) is 1. The summed E-state index contributed by atoms with van der Waals surface area (Å²) >= 11 is 1.50. The maximum Gasteiger partial charge on any atom is 0.212 e.